The van der Waals surface area contributed by atoms with E-state index in [2.05, 4.69) is 242 Å². The van der Waals surface area contributed by atoms with E-state index in [9.17, 15) is 0 Å². The van der Waals surface area contributed by atoms with Gasteiger partial charge >= 0.3 is 0 Å². The molecule has 9 aromatic carbocycles. The Balaban J connectivity index is 1.15. The molecule has 0 radical (unpaired) electrons. The first-order valence-corrected chi connectivity index (χ1v) is 22.0. The molecule has 296 valence electrons. The Morgan fingerprint density at radius 2 is 0.889 bits per heavy atom. The van der Waals surface area contributed by atoms with Crippen LogP contribution in [0.25, 0.3) is 55.6 Å². The average Bonchev–Trinajstić information content (AvgIpc) is 3.99. The van der Waals surface area contributed by atoms with Gasteiger partial charge in [0.15, 0.2) is 0 Å². The second-order valence-electron chi connectivity index (χ2n) is 17.0. The Labute approximate surface area is 368 Å². The summed E-state index contributed by atoms with van der Waals surface area (Å²) in [4.78, 5) is 2.50. The number of allylic oxidation sites excluding steroid dienone is 2. The van der Waals surface area contributed by atoms with Gasteiger partial charge in [-0.05, 0) is 109 Å². The molecule has 2 heteroatoms. The first-order valence-electron chi connectivity index (χ1n) is 22.0. The molecule has 0 saturated heterocycles. The third-order valence-corrected chi connectivity index (χ3v) is 13.8. The largest absolute Gasteiger partial charge is 0.483 e. The van der Waals surface area contributed by atoms with Gasteiger partial charge < -0.3 is 9.64 Å². The highest BCUT2D eigenvalue weighted by atomic mass is 16.5. The Bertz CT molecular complexity index is 3210. The predicted octanol–water partition coefficient (Wildman–Crippen LogP) is 15.5. The average molecular weight is 804 g/mol. The van der Waals surface area contributed by atoms with Crippen LogP contribution >= 0.6 is 0 Å². The van der Waals surface area contributed by atoms with Crippen molar-refractivity contribution in [2.45, 2.75) is 17.4 Å². The fourth-order valence-corrected chi connectivity index (χ4v) is 11.2. The topological polar surface area (TPSA) is 12.5 Å². The van der Waals surface area contributed by atoms with Crippen LogP contribution in [0.5, 0.6) is 5.75 Å². The summed E-state index contributed by atoms with van der Waals surface area (Å²) < 4.78 is 7.37. The summed E-state index contributed by atoms with van der Waals surface area (Å²) in [5.74, 6) is 1.03. The number of hydrogen-bond donors (Lipinski definition) is 0. The van der Waals surface area contributed by atoms with Crippen LogP contribution in [-0.4, -0.2) is 6.10 Å². The van der Waals surface area contributed by atoms with Crippen molar-refractivity contribution < 1.29 is 4.74 Å². The summed E-state index contributed by atoms with van der Waals surface area (Å²) in [6.45, 7) is 0. The Kier molecular flexibility index (Phi) is 7.98. The first-order chi connectivity index (χ1) is 31.3. The van der Waals surface area contributed by atoms with Crippen molar-refractivity contribution in [1.29, 1.82) is 0 Å². The summed E-state index contributed by atoms with van der Waals surface area (Å²) in [7, 11) is 0. The van der Waals surface area contributed by atoms with Crippen LogP contribution in [0.1, 0.15) is 33.7 Å². The minimum absolute atomic E-state index is 0.0911. The minimum Gasteiger partial charge on any atom is -0.483 e. The van der Waals surface area contributed by atoms with Gasteiger partial charge in [0.2, 0.25) is 0 Å². The molecule has 3 unspecified atom stereocenters. The third-order valence-electron chi connectivity index (χ3n) is 13.8. The number of hydrogen-bond acceptors (Lipinski definition) is 2. The molecule has 3 aliphatic carbocycles. The van der Waals surface area contributed by atoms with Gasteiger partial charge in [-0.1, -0.05) is 200 Å². The van der Waals surface area contributed by atoms with Crippen LogP contribution in [0, 0.1) is 0 Å². The van der Waals surface area contributed by atoms with Crippen molar-refractivity contribution in [3.63, 3.8) is 0 Å². The van der Waals surface area contributed by atoms with Gasteiger partial charge in [-0.25, -0.2) is 0 Å². The van der Waals surface area contributed by atoms with E-state index < -0.39 is 5.41 Å². The Hall–Kier alpha value is -7.94. The van der Waals surface area contributed by atoms with Crippen molar-refractivity contribution in [2.24, 2.45) is 0 Å². The second kappa shape index (κ2) is 14.1. The van der Waals surface area contributed by atoms with Gasteiger partial charge in [0.05, 0.1) is 11.1 Å². The number of fused-ring (bicyclic) bond motifs is 13. The number of benzene rings is 9. The third kappa shape index (κ3) is 5.25. The molecule has 0 bridgehead atoms. The van der Waals surface area contributed by atoms with Crippen LogP contribution in [-0.2, 0) is 5.41 Å². The van der Waals surface area contributed by atoms with Crippen LogP contribution in [0.4, 0.5) is 17.1 Å². The highest BCUT2D eigenvalue weighted by Crippen LogP contribution is 2.69. The fraction of sp³-hybridized carbons (Fsp3) is 0.0492. The quantitative estimate of drug-likeness (QED) is 0.166. The normalized spacial score (nSPS) is 17.9. The molecule has 63 heavy (non-hydrogen) atoms. The highest BCUT2D eigenvalue weighted by molar-refractivity contribution is 6.04. The van der Waals surface area contributed by atoms with Gasteiger partial charge in [-0.3, -0.25) is 0 Å². The van der Waals surface area contributed by atoms with Gasteiger partial charge in [-0.15, -0.1) is 0 Å². The molecule has 9 aromatic rings. The van der Waals surface area contributed by atoms with E-state index in [0.717, 1.165) is 22.8 Å². The lowest BCUT2D eigenvalue weighted by Gasteiger charge is -2.37. The molecule has 0 amide bonds. The van der Waals surface area contributed by atoms with Crippen LogP contribution in [0.15, 0.2) is 237 Å². The molecular weight excluding hydrogens is 763 g/mol. The second-order valence-corrected chi connectivity index (χ2v) is 17.0. The van der Waals surface area contributed by atoms with E-state index in [1.165, 1.54) is 83.5 Å². The molecular formula is C61H41NO. The number of anilines is 3. The van der Waals surface area contributed by atoms with E-state index >= 15 is 0 Å². The maximum atomic E-state index is 7.37. The van der Waals surface area contributed by atoms with E-state index in [-0.39, 0.29) is 12.0 Å². The zero-order valence-electron chi connectivity index (χ0n) is 34.5. The van der Waals surface area contributed by atoms with Crippen LogP contribution < -0.4 is 9.64 Å². The highest BCUT2D eigenvalue weighted by Gasteiger charge is 2.56. The van der Waals surface area contributed by atoms with Gasteiger partial charge in [0, 0.05) is 28.4 Å². The first kappa shape index (κ1) is 35.8. The number of nitrogens with zero attached hydrogens (tertiary/aromatic N) is 1. The maximum absolute atomic E-state index is 7.37. The van der Waals surface area contributed by atoms with Crippen LogP contribution in [0.3, 0.4) is 0 Å². The number of rotatable bonds is 6. The van der Waals surface area contributed by atoms with Crippen molar-refractivity contribution in [3.8, 4) is 61.4 Å². The summed E-state index contributed by atoms with van der Waals surface area (Å²) >= 11 is 0. The van der Waals surface area contributed by atoms with Gasteiger partial charge in [0.25, 0.3) is 0 Å². The monoisotopic (exact) mass is 803 g/mol. The molecule has 13 rings (SSSR count). The zero-order valence-corrected chi connectivity index (χ0v) is 34.5. The maximum Gasteiger partial charge on any atom is 0.148 e. The zero-order chi connectivity index (χ0) is 41.5. The van der Waals surface area contributed by atoms with Crippen molar-refractivity contribution >= 4 is 17.1 Å². The van der Waals surface area contributed by atoms with E-state index in [1.54, 1.807) is 0 Å². The lowest BCUT2D eigenvalue weighted by molar-refractivity contribution is 0.269. The predicted molar refractivity (Wildman–Crippen MR) is 259 cm³/mol. The Morgan fingerprint density at radius 3 is 1.52 bits per heavy atom. The van der Waals surface area contributed by atoms with E-state index in [0.29, 0.717) is 0 Å². The molecule has 0 saturated carbocycles. The Morgan fingerprint density at radius 1 is 0.397 bits per heavy atom. The number of ether oxygens (including phenoxy) is 1. The fourth-order valence-electron chi connectivity index (χ4n) is 11.2. The van der Waals surface area contributed by atoms with Crippen molar-refractivity contribution in [1.82, 2.24) is 0 Å². The molecule has 3 atom stereocenters. The van der Waals surface area contributed by atoms with Gasteiger partial charge in [0.1, 0.15) is 11.9 Å². The van der Waals surface area contributed by atoms with Crippen molar-refractivity contribution in [2.75, 3.05) is 4.90 Å². The SMILES string of the molecule is C1=CC2Oc3c(cc4c(c3N(c3ccc(-c5ccccc5)cc3)c3ccc(-c5ccccc5)cc3)C3(c5ccccc5-4)c4ccccc4-c4c(-c5ccccc5)cccc43)C2C=C1. The van der Waals surface area contributed by atoms with E-state index in [4.69, 9.17) is 4.74 Å². The molecule has 0 fully saturated rings. The summed E-state index contributed by atoms with van der Waals surface area (Å²) in [5.41, 5.74) is 21.2. The lowest BCUT2D eigenvalue weighted by atomic mass is 9.69. The molecule has 0 aromatic heterocycles. The minimum atomic E-state index is -0.651. The van der Waals surface area contributed by atoms with E-state index in [1.807, 2.05) is 0 Å². The smallest absolute Gasteiger partial charge is 0.148 e. The molecule has 2 nitrogen and oxygen atoms in total. The molecule has 1 heterocycles. The summed E-state index contributed by atoms with van der Waals surface area (Å²) in [6, 6.07) is 78.2. The van der Waals surface area contributed by atoms with Crippen LogP contribution in [0.2, 0.25) is 0 Å². The summed E-state index contributed by atoms with van der Waals surface area (Å²) in [5, 5.41) is 0. The molecule has 1 spiro atoms. The van der Waals surface area contributed by atoms with Crippen molar-refractivity contribution in [3.05, 3.63) is 264 Å². The standard InChI is InChI=1S/C61H41NO/c1-4-17-40(18-5-1)42-31-35-45(36-32-42)62(46-37-33-43(34-38-46)41-19-6-2-7-20-41)59-58-51(39-52-49-24-12-15-30-56(49)63-60(52)59)48-23-10-13-27-53(48)61(58)54-28-14-11-25-50(54)57-47(26-16-29-55(57)61)44-21-8-3-9-22-44/h1-39,49,56H. The molecule has 4 aliphatic rings. The molecule has 1 aliphatic heterocycles. The molecule has 0 N–H and O–H groups in total. The summed E-state index contributed by atoms with van der Waals surface area (Å²) in [6.07, 6.45) is 8.76. The lowest BCUT2D eigenvalue weighted by Crippen LogP contribution is -2.28. The van der Waals surface area contributed by atoms with Gasteiger partial charge in [-0.2, -0.15) is 0 Å².